The minimum Gasteiger partial charge on any atom is -0.384 e. The van der Waals surface area contributed by atoms with Gasteiger partial charge in [-0.15, -0.1) is 0 Å². The van der Waals surface area contributed by atoms with Crippen LogP contribution in [0, 0.1) is 12.8 Å². The second-order valence-corrected chi connectivity index (χ2v) is 5.63. The van der Waals surface area contributed by atoms with Gasteiger partial charge < -0.3 is 10.6 Å². The lowest BCUT2D eigenvalue weighted by Gasteiger charge is -2.42. The van der Waals surface area contributed by atoms with Crippen molar-refractivity contribution in [1.29, 1.82) is 0 Å². The molecule has 0 bridgehead atoms. The molecule has 1 fully saturated rings. The van der Waals surface area contributed by atoms with E-state index in [0.29, 0.717) is 12.0 Å². The zero-order valence-electron chi connectivity index (χ0n) is 11.4. The molecule has 3 heteroatoms. The molecule has 0 amide bonds. The smallest absolute Gasteiger partial charge is 0.0418 e. The SMILES string of the molecule is Cc1cccc2c1NCC(C)C2N1CCNCC1. The Morgan fingerprint density at radius 1 is 1.22 bits per heavy atom. The van der Waals surface area contributed by atoms with E-state index in [1.54, 1.807) is 0 Å². The van der Waals surface area contributed by atoms with Gasteiger partial charge in [0.2, 0.25) is 0 Å². The lowest BCUT2D eigenvalue weighted by atomic mass is 9.86. The first kappa shape index (κ1) is 12.0. The molecule has 2 heterocycles. The predicted molar refractivity (Wildman–Crippen MR) is 76.0 cm³/mol. The number of nitrogens with zero attached hydrogens (tertiary/aromatic N) is 1. The molecule has 2 unspecified atom stereocenters. The number of hydrogen-bond donors (Lipinski definition) is 2. The number of hydrogen-bond acceptors (Lipinski definition) is 3. The molecule has 2 atom stereocenters. The van der Waals surface area contributed by atoms with Crippen LogP contribution >= 0.6 is 0 Å². The Morgan fingerprint density at radius 2 is 2.00 bits per heavy atom. The number of para-hydroxylation sites is 1. The number of piperazine rings is 1. The fraction of sp³-hybridized carbons (Fsp3) is 0.600. The summed E-state index contributed by atoms with van der Waals surface area (Å²) in [5.41, 5.74) is 4.24. The lowest BCUT2D eigenvalue weighted by Crippen LogP contribution is -2.48. The highest BCUT2D eigenvalue weighted by atomic mass is 15.2. The van der Waals surface area contributed by atoms with E-state index in [2.05, 4.69) is 47.6 Å². The highest BCUT2D eigenvalue weighted by molar-refractivity contribution is 5.60. The van der Waals surface area contributed by atoms with Crippen LogP contribution in [0.15, 0.2) is 18.2 Å². The van der Waals surface area contributed by atoms with Gasteiger partial charge in [0.1, 0.15) is 0 Å². The average molecular weight is 245 g/mol. The minimum absolute atomic E-state index is 0.586. The van der Waals surface area contributed by atoms with E-state index in [0.717, 1.165) is 19.6 Å². The Bertz CT molecular complexity index is 424. The van der Waals surface area contributed by atoms with Crippen molar-refractivity contribution in [3.8, 4) is 0 Å². The van der Waals surface area contributed by atoms with Gasteiger partial charge in [0.15, 0.2) is 0 Å². The van der Waals surface area contributed by atoms with E-state index in [4.69, 9.17) is 0 Å². The van der Waals surface area contributed by atoms with E-state index in [-0.39, 0.29) is 0 Å². The summed E-state index contributed by atoms with van der Waals surface area (Å²) in [5, 5.41) is 7.05. The standard InChI is InChI=1S/C15H23N3/c1-11-4-3-5-13-14(11)17-10-12(2)15(13)18-8-6-16-7-9-18/h3-5,12,15-17H,6-10H2,1-2H3. The number of aryl methyl sites for hydroxylation is 1. The van der Waals surface area contributed by atoms with E-state index >= 15 is 0 Å². The van der Waals surface area contributed by atoms with Crippen LogP contribution < -0.4 is 10.6 Å². The van der Waals surface area contributed by atoms with Gasteiger partial charge in [0.05, 0.1) is 0 Å². The van der Waals surface area contributed by atoms with Crippen molar-refractivity contribution >= 4 is 5.69 Å². The molecule has 2 aliphatic heterocycles. The Kier molecular flexibility index (Phi) is 3.27. The van der Waals surface area contributed by atoms with Crippen molar-refractivity contribution in [2.75, 3.05) is 38.0 Å². The van der Waals surface area contributed by atoms with Gasteiger partial charge >= 0.3 is 0 Å². The molecule has 0 spiro atoms. The van der Waals surface area contributed by atoms with Crippen LogP contribution in [0.1, 0.15) is 24.1 Å². The lowest BCUT2D eigenvalue weighted by molar-refractivity contribution is 0.132. The Hall–Kier alpha value is -1.06. The fourth-order valence-electron chi connectivity index (χ4n) is 3.38. The number of fused-ring (bicyclic) bond motifs is 1. The average Bonchev–Trinajstić information content (AvgIpc) is 2.40. The van der Waals surface area contributed by atoms with Gasteiger partial charge in [0, 0.05) is 44.5 Å². The summed E-state index contributed by atoms with van der Waals surface area (Å²) in [7, 11) is 0. The van der Waals surface area contributed by atoms with Gasteiger partial charge in [-0.05, 0) is 24.0 Å². The van der Waals surface area contributed by atoms with Crippen molar-refractivity contribution in [2.24, 2.45) is 5.92 Å². The summed E-state index contributed by atoms with van der Waals surface area (Å²) in [4.78, 5) is 2.65. The molecule has 18 heavy (non-hydrogen) atoms. The second-order valence-electron chi connectivity index (χ2n) is 5.63. The van der Waals surface area contributed by atoms with Gasteiger partial charge in [-0.3, -0.25) is 4.90 Å². The van der Waals surface area contributed by atoms with Crippen LogP contribution in [0.5, 0.6) is 0 Å². The summed E-state index contributed by atoms with van der Waals surface area (Å²) in [6.07, 6.45) is 0. The summed E-state index contributed by atoms with van der Waals surface area (Å²) in [6, 6.07) is 7.29. The van der Waals surface area contributed by atoms with Crippen molar-refractivity contribution in [1.82, 2.24) is 10.2 Å². The Balaban J connectivity index is 1.96. The number of anilines is 1. The highest BCUT2D eigenvalue weighted by Crippen LogP contribution is 2.39. The van der Waals surface area contributed by atoms with Crippen LogP contribution in [0.4, 0.5) is 5.69 Å². The van der Waals surface area contributed by atoms with Gasteiger partial charge in [-0.1, -0.05) is 25.1 Å². The first-order valence-corrected chi connectivity index (χ1v) is 7.05. The van der Waals surface area contributed by atoms with Crippen molar-refractivity contribution in [2.45, 2.75) is 19.9 Å². The molecular weight excluding hydrogens is 222 g/mol. The molecule has 2 aliphatic rings. The second kappa shape index (κ2) is 4.90. The molecule has 3 nitrogen and oxygen atoms in total. The molecule has 1 aromatic carbocycles. The first-order chi connectivity index (χ1) is 8.77. The topological polar surface area (TPSA) is 27.3 Å². The molecule has 0 aromatic heterocycles. The maximum absolute atomic E-state index is 3.61. The van der Waals surface area contributed by atoms with Crippen LogP contribution in [0.2, 0.25) is 0 Å². The van der Waals surface area contributed by atoms with E-state index in [1.165, 1.54) is 29.9 Å². The van der Waals surface area contributed by atoms with E-state index in [9.17, 15) is 0 Å². The molecular formula is C15H23N3. The van der Waals surface area contributed by atoms with E-state index < -0.39 is 0 Å². The highest BCUT2D eigenvalue weighted by Gasteiger charge is 2.32. The third-order valence-corrected chi connectivity index (χ3v) is 4.31. The van der Waals surface area contributed by atoms with Crippen LogP contribution in [-0.2, 0) is 0 Å². The third-order valence-electron chi connectivity index (χ3n) is 4.31. The normalized spacial score (nSPS) is 28.6. The van der Waals surface area contributed by atoms with Crippen molar-refractivity contribution in [3.63, 3.8) is 0 Å². The molecule has 0 radical (unpaired) electrons. The maximum atomic E-state index is 3.61. The van der Waals surface area contributed by atoms with Crippen LogP contribution in [0.3, 0.4) is 0 Å². The molecule has 3 rings (SSSR count). The quantitative estimate of drug-likeness (QED) is 0.792. The first-order valence-electron chi connectivity index (χ1n) is 7.05. The Labute approximate surface area is 110 Å². The molecule has 0 saturated carbocycles. The molecule has 98 valence electrons. The van der Waals surface area contributed by atoms with Gasteiger partial charge in [0.25, 0.3) is 0 Å². The largest absolute Gasteiger partial charge is 0.384 e. The summed E-state index contributed by atoms with van der Waals surface area (Å²) < 4.78 is 0. The summed E-state index contributed by atoms with van der Waals surface area (Å²) in [5.74, 6) is 0.678. The molecule has 0 aliphatic carbocycles. The molecule has 2 N–H and O–H groups in total. The predicted octanol–water partition coefficient (Wildman–Crippen LogP) is 2.00. The van der Waals surface area contributed by atoms with E-state index in [1.807, 2.05) is 0 Å². The van der Waals surface area contributed by atoms with Gasteiger partial charge in [-0.2, -0.15) is 0 Å². The monoisotopic (exact) mass is 245 g/mol. The summed E-state index contributed by atoms with van der Waals surface area (Å²) in [6.45, 7) is 10.2. The maximum Gasteiger partial charge on any atom is 0.0418 e. The number of nitrogens with one attached hydrogen (secondary N) is 2. The fourth-order valence-corrected chi connectivity index (χ4v) is 3.38. The van der Waals surface area contributed by atoms with Crippen LogP contribution in [-0.4, -0.2) is 37.6 Å². The number of rotatable bonds is 1. The summed E-state index contributed by atoms with van der Waals surface area (Å²) >= 11 is 0. The zero-order valence-corrected chi connectivity index (χ0v) is 11.4. The molecule has 1 saturated heterocycles. The minimum atomic E-state index is 0.586. The van der Waals surface area contributed by atoms with Gasteiger partial charge in [-0.25, -0.2) is 0 Å². The third kappa shape index (κ3) is 2.02. The zero-order chi connectivity index (χ0) is 12.5. The molecule has 1 aromatic rings. The van der Waals surface area contributed by atoms with Crippen molar-refractivity contribution in [3.05, 3.63) is 29.3 Å². The van der Waals surface area contributed by atoms with Crippen LogP contribution in [0.25, 0.3) is 0 Å². The number of benzene rings is 1. The van der Waals surface area contributed by atoms with Crippen molar-refractivity contribution < 1.29 is 0 Å². The Morgan fingerprint density at radius 3 is 2.78 bits per heavy atom.